The summed E-state index contributed by atoms with van der Waals surface area (Å²) in [5.74, 6) is 0. The highest BCUT2D eigenvalue weighted by molar-refractivity contribution is 4.59. The zero-order chi connectivity index (χ0) is 9.40. The Morgan fingerprint density at radius 3 is 2.42 bits per heavy atom. The van der Waals surface area contributed by atoms with Crippen LogP contribution in [0.25, 0.3) is 0 Å². The van der Waals surface area contributed by atoms with E-state index in [1.807, 2.05) is 0 Å². The first-order valence-electron chi connectivity index (χ1n) is 4.39. The first kappa shape index (κ1) is 11.8. The van der Waals surface area contributed by atoms with Crippen LogP contribution in [0.1, 0.15) is 13.8 Å². The Hall–Kier alpha value is -0.160. The van der Waals surface area contributed by atoms with Crippen LogP contribution in [0.4, 0.5) is 0 Å². The molecule has 0 aromatic carbocycles. The molecule has 0 amide bonds. The van der Waals surface area contributed by atoms with Gasteiger partial charge in [-0.2, -0.15) is 0 Å². The van der Waals surface area contributed by atoms with E-state index in [1.54, 1.807) is 0 Å². The van der Waals surface area contributed by atoms with Crippen LogP contribution in [0.15, 0.2) is 0 Å². The van der Waals surface area contributed by atoms with E-state index >= 15 is 0 Å². The van der Waals surface area contributed by atoms with Crippen molar-refractivity contribution in [2.45, 2.75) is 26.0 Å². The highest BCUT2D eigenvalue weighted by Gasteiger charge is 1.99. The summed E-state index contributed by atoms with van der Waals surface area (Å²) >= 11 is 0. The van der Waals surface area contributed by atoms with Crippen LogP contribution in [-0.4, -0.2) is 48.6 Å². The van der Waals surface area contributed by atoms with E-state index in [-0.39, 0.29) is 6.61 Å². The Morgan fingerprint density at radius 2 is 1.92 bits per heavy atom. The van der Waals surface area contributed by atoms with Gasteiger partial charge in [0, 0.05) is 25.7 Å². The van der Waals surface area contributed by atoms with Crippen molar-refractivity contribution in [1.29, 1.82) is 0 Å². The zero-order valence-corrected chi connectivity index (χ0v) is 7.88. The highest BCUT2D eigenvalue weighted by Crippen LogP contribution is 1.76. The third-order valence-electron chi connectivity index (χ3n) is 1.45. The van der Waals surface area contributed by atoms with Crippen molar-refractivity contribution < 1.29 is 10.2 Å². The van der Waals surface area contributed by atoms with Gasteiger partial charge in [0.15, 0.2) is 0 Å². The second-order valence-electron chi connectivity index (χ2n) is 3.15. The lowest BCUT2D eigenvalue weighted by Gasteiger charge is -2.10. The van der Waals surface area contributed by atoms with Gasteiger partial charge in [-0.3, -0.25) is 0 Å². The second-order valence-corrected chi connectivity index (χ2v) is 3.15. The van der Waals surface area contributed by atoms with Gasteiger partial charge in [0.1, 0.15) is 0 Å². The molecule has 4 nitrogen and oxygen atoms in total. The molecule has 4 heteroatoms. The molecule has 0 aromatic rings. The molecule has 0 spiro atoms. The average Bonchev–Trinajstić information content (AvgIpc) is 2.03. The van der Waals surface area contributed by atoms with Crippen LogP contribution < -0.4 is 10.6 Å². The Balaban J connectivity index is 3.00. The predicted octanol–water partition coefficient (Wildman–Crippen LogP) is -1.07. The van der Waals surface area contributed by atoms with E-state index in [9.17, 15) is 0 Å². The van der Waals surface area contributed by atoms with E-state index in [4.69, 9.17) is 10.2 Å². The summed E-state index contributed by atoms with van der Waals surface area (Å²) in [5.41, 5.74) is 0. The Labute approximate surface area is 74.0 Å². The van der Waals surface area contributed by atoms with Gasteiger partial charge in [-0.05, 0) is 0 Å². The first-order chi connectivity index (χ1) is 5.66. The quantitative estimate of drug-likeness (QED) is 0.373. The number of nitrogens with one attached hydrogen (secondary N) is 2. The molecule has 0 rings (SSSR count). The van der Waals surface area contributed by atoms with Crippen LogP contribution in [0.5, 0.6) is 0 Å². The topological polar surface area (TPSA) is 64.5 Å². The smallest absolute Gasteiger partial charge is 0.0894 e. The number of aliphatic hydroxyl groups excluding tert-OH is 2. The van der Waals surface area contributed by atoms with Crippen molar-refractivity contribution in [3.63, 3.8) is 0 Å². The monoisotopic (exact) mass is 176 g/mol. The van der Waals surface area contributed by atoms with Gasteiger partial charge in [0.05, 0.1) is 12.7 Å². The van der Waals surface area contributed by atoms with Crippen LogP contribution in [0.3, 0.4) is 0 Å². The molecular weight excluding hydrogens is 156 g/mol. The molecule has 0 bridgehead atoms. The van der Waals surface area contributed by atoms with Gasteiger partial charge < -0.3 is 20.8 Å². The third-order valence-corrected chi connectivity index (χ3v) is 1.45. The maximum Gasteiger partial charge on any atom is 0.0894 e. The molecule has 0 aliphatic rings. The van der Waals surface area contributed by atoms with Gasteiger partial charge in [-0.25, -0.2) is 0 Å². The fourth-order valence-electron chi connectivity index (χ4n) is 0.782. The summed E-state index contributed by atoms with van der Waals surface area (Å²) < 4.78 is 0. The summed E-state index contributed by atoms with van der Waals surface area (Å²) in [4.78, 5) is 0. The van der Waals surface area contributed by atoms with Crippen LogP contribution in [0, 0.1) is 0 Å². The fraction of sp³-hybridized carbons (Fsp3) is 1.00. The molecule has 1 atom stereocenters. The van der Waals surface area contributed by atoms with Crippen molar-refractivity contribution >= 4 is 0 Å². The third kappa shape index (κ3) is 7.94. The molecule has 0 heterocycles. The fourth-order valence-corrected chi connectivity index (χ4v) is 0.782. The van der Waals surface area contributed by atoms with E-state index in [0.717, 1.165) is 13.1 Å². The molecule has 0 saturated heterocycles. The number of hydrogen-bond donors (Lipinski definition) is 4. The molecule has 0 fully saturated rings. The van der Waals surface area contributed by atoms with E-state index in [1.165, 1.54) is 0 Å². The maximum atomic E-state index is 8.93. The van der Waals surface area contributed by atoms with Gasteiger partial charge in [0.25, 0.3) is 0 Å². The summed E-state index contributed by atoms with van der Waals surface area (Å²) in [5, 5.41) is 23.7. The SMILES string of the molecule is CC(C)NCCNC[C@@H](O)CO. The second kappa shape index (κ2) is 7.49. The minimum atomic E-state index is -0.635. The summed E-state index contributed by atoms with van der Waals surface area (Å²) in [6.45, 7) is 6.15. The van der Waals surface area contributed by atoms with Crippen molar-refractivity contribution in [2.24, 2.45) is 0 Å². The Kier molecular flexibility index (Phi) is 7.39. The number of hydrogen-bond acceptors (Lipinski definition) is 4. The van der Waals surface area contributed by atoms with Crippen molar-refractivity contribution in [2.75, 3.05) is 26.2 Å². The lowest BCUT2D eigenvalue weighted by atomic mass is 10.3. The molecule has 0 radical (unpaired) electrons. The molecule has 0 unspecified atom stereocenters. The van der Waals surface area contributed by atoms with Crippen LogP contribution >= 0.6 is 0 Å². The van der Waals surface area contributed by atoms with E-state index < -0.39 is 6.10 Å². The summed E-state index contributed by atoms with van der Waals surface area (Å²) in [7, 11) is 0. The van der Waals surface area contributed by atoms with Crippen molar-refractivity contribution in [3.8, 4) is 0 Å². The molecule has 0 aliphatic heterocycles. The first-order valence-corrected chi connectivity index (χ1v) is 4.39. The van der Waals surface area contributed by atoms with Gasteiger partial charge >= 0.3 is 0 Å². The van der Waals surface area contributed by atoms with Crippen LogP contribution in [0.2, 0.25) is 0 Å². The van der Waals surface area contributed by atoms with Crippen molar-refractivity contribution in [3.05, 3.63) is 0 Å². The van der Waals surface area contributed by atoms with E-state index in [0.29, 0.717) is 12.6 Å². The number of aliphatic hydroxyl groups is 2. The Bertz CT molecular complexity index is 99.1. The predicted molar refractivity (Wildman–Crippen MR) is 49.1 cm³/mol. The molecule has 4 N–H and O–H groups in total. The molecule has 0 aromatic heterocycles. The highest BCUT2D eigenvalue weighted by atomic mass is 16.3. The maximum absolute atomic E-state index is 8.93. The van der Waals surface area contributed by atoms with Crippen molar-refractivity contribution in [1.82, 2.24) is 10.6 Å². The molecule has 0 aliphatic carbocycles. The molecule has 74 valence electrons. The van der Waals surface area contributed by atoms with Gasteiger partial charge in [-0.15, -0.1) is 0 Å². The summed E-state index contributed by atoms with van der Waals surface area (Å²) in [6.07, 6.45) is -0.635. The minimum Gasteiger partial charge on any atom is -0.394 e. The van der Waals surface area contributed by atoms with Gasteiger partial charge in [-0.1, -0.05) is 13.8 Å². The standard InChI is InChI=1S/C8H20N2O2/c1-7(2)10-4-3-9-5-8(12)6-11/h7-12H,3-6H2,1-2H3/t8-/m1/s1. The largest absolute Gasteiger partial charge is 0.394 e. The number of rotatable bonds is 7. The lowest BCUT2D eigenvalue weighted by Crippen LogP contribution is -2.36. The molecule has 0 saturated carbocycles. The lowest BCUT2D eigenvalue weighted by molar-refractivity contribution is 0.0946. The van der Waals surface area contributed by atoms with Crippen LogP contribution in [-0.2, 0) is 0 Å². The summed E-state index contributed by atoms with van der Waals surface area (Å²) in [6, 6.07) is 0.495. The molecular formula is C8H20N2O2. The average molecular weight is 176 g/mol. The minimum absolute atomic E-state index is 0.176. The van der Waals surface area contributed by atoms with Gasteiger partial charge in [0.2, 0.25) is 0 Å². The van der Waals surface area contributed by atoms with E-state index in [2.05, 4.69) is 24.5 Å². The molecule has 12 heavy (non-hydrogen) atoms. The Morgan fingerprint density at radius 1 is 1.25 bits per heavy atom. The zero-order valence-electron chi connectivity index (χ0n) is 7.88. The normalized spacial score (nSPS) is 13.8.